The zero-order valence-electron chi connectivity index (χ0n) is 40.0. The van der Waals surface area contributed by atoms with Crippen LogP contribution < -0.4 is 11.4 Å². The first kappa shape index (κ1) is 59.4. The van der Waals surface area contributed by atoms with Crippen LogP contribution in [0, 0.1) is 11.6 Å². The van der Waals surface area contributed by atoms with Crippen molar-refractivity contribution < 1.29 is 94.8 Å². The number of aromatic nitrogens is 6. The molecule has 32 heteroatoms. The van der Waals surface area contributed by atoms with Gasteiger partial charge in [-0.15, -0.1) is 9.55 Å². The molecular weight excluding hydrogens is 1110 g/mol. The summed E-state index contributed by atoms with van der Waals surface area (Å²) in [7, 11) is -5.07. The number of aromatic amines is 3. The lowest BCUT2D eigenvalue weighted by Crippen LogP contribution is -2.46. The Morgan fingerprint density at radius 3 is 1.31 bits per heavy atom. The maximum absolute atomic E-state index is 13.7. The van der Waals surface area contributed by atoms with Crippen LogP contribution in [0.3, 0.4) is 0 Å². The quantitative estimate of drug-likeness (QED) is 0.0540. The van der Waals surface area contributed by atoms with Crippen LogP contribution in [0.5, 0.6) is 0 Å². The summed E-state index contributed by atoms with van der Waals surface area (Å²) >= 11 is 0. The van der Waals surface area contributed by atoms with Crippen LogP contribution in [-0.2, 0) is 61.3 Å². The zero-order chi connectivity index (χ0) is 57.3. The van der Waals surface area contributed by atoms with Gasteiger partial charge in [0, 0.05) is 13.1 Å². The van der Waals surface area contributed by atoms with E-state index in [1.165, 1.54) is 50.2 Å². The number of rotatable bonds is 13. The third kappa shape index (κ3) is 14.9. The number of H-pyrrole nitrogens is 3. The lowest BCUT2D eigenvalue weighted by atomic mass is 10.0. The molecule has 17 nitrogen and oxygen atoms in total. The summed E-state index contributed by atoms with van der Waals surface area (Å²) in [5, 5.41) is 9.70. The fourth-order valence-corrected chi connectivity index (χ4v) is 8.88. The molecule has 2 aliphatic heterocycles. The number of hydrogen-bond donors (Lipinski definition) is 5. The van der Waals surface area contributed by atoms with Crippen molar-refractivity contribution in [3.63, 3.8) is 0 Å². The Balaban J connectivity index is 0.000000227. The van der Waals surface area contributed by atoms with Gasteiger partial charge in [-0.25, -0.2) is 28.0 Å². The lowest BCUT2D eigenvalue weighted by molar-refractivity contribution is -0.231. The van der Waals surface area contributed by atoms with Gasteiger partial charge in [-0.3, -0.25) is 19.8 Å². The van der Waals surface area contributed by atoms with Gasteiger partial charge in [0.1, 0.15) is 23.3 Å². The number of alkyl halides is 12. The van der Waals surface area contributed by atoms with Crippen molar-refractivity contribution in [1.82, 2.24) is 39.5 Å². The standard InChI is InChI=1S/C23H22F7N4O6P.C23H21F7N4O3/c1-12(14-8-15(22(25,26)27)10-16(9-14)23(28,29)30)40-20-19(13-2-4-17(24)5-3-13)33(6-7-39-20)11-18-31-21(35)34(32-18)41(36,37)38;1-12(14-8-15(22(25,26)27)10-16(9-14)23(28,29)30)37-20-19(13-2-4-17(24)5-3-13)34(6-7-36-20)11-18-31-21(35)33-32-18/h2-5,8-10,12,19-20H,6-7,11H2,1H3,(H,31,32,35)(H2,36,37,38);2-5,8-10,12,19-20H,6-7,11H2,1H3,(H2,31,32,33,35)/t2*12-,19-,20+/m11/s1. The van der Waals surface area contributed by atoms with Gasteiger partial charge in [0.05, 0.1) is 72.8 Å². The van der Waals surface area contributed by atoms with Gasteiger partial charge in [-0.2, -0.15) is 57.8 Å². The van der Waals surface area contributed by atoms with E-state index in [2.05, 4.69) is 25.3 Å². The summed E-state index contributed by atoms with van der Waals surface area (Å²) in [4.78, 5) is 50.1. The van der Waals surface area contributed by atoms with Gasteiger partial charge in [-0.1, -0.05) is 24.3 Å². The molecule has 2 aliphatic rings. The summed E-state index contributed by atoms with van der Waals surface area (Å²) < 4.78 is 222. The molecule has 0 amide bonds. The molecule has 8 rings (SSSR count). The second kappa shape index (κ2) is 23.2. The summed E-state index contributed by atoms with van der Waals surface area (Å²) in [5.74, 6) is -1.01. The second-order valence-corrected chi connectivity index (χ2v) is 19.0. The SMILES string of the molecule is C[C@@H](O[C@@H]1OCCN(Cc2n[nH]c(=O)[nH]2)[C@@H]1c1ccc(F)cc1)c1cc(C(F)(F)F)cc(C(F)(F)F)c1.C[C@@H](O[C@@H]1OCCN(Cc2nn(P(=O)(O)O)c(=O)[nH]2)[C@@H]1c1ccc(F)cc1)c1cc(C(F)(F)F)cc(C(F)(F)F)c1. The maximum atomic E-state index is 13.7. The molecule has 2 saturated heterocycles. The average Bonchev–Trinajstić information content (AvgIpc) is 3.98. The summed E-state index contributed by atoms with van der Waals surface area (Å²) in [6.45, 7) is 2.86. The Labute approximate surface area is 429 Å². The first-order chi connectivity index (χ1) is 36.2. The number of nitrogens with one attached hydrogen (secondary N) is 3. The van der Waals surface area contributed by atoms with Crippen LogP contribution in [0.25, 0.3) is 0 Å². The van der Waals surface area contributed by atoms with E-state index in [0.717, 1.165) is 12.1 Å². The van der Waals surface area contributed by atoms with Crippen molar-refractivity contribution in [3.8, 4) is 0 Å². The molecule has 4 aromatic carbocycles. The summed E-state index contributed by atoms with van der Waals surface area (Å²) in [5.41, 5.74) is -7.61. The highest BCUT2D eigenvalue weighted by Gasteiger charge is 2.42. The minimum Gasteiger partial charge on any atom is -0.349 e. The Kier molecular flexibility index (Phi) is 17.6. The molecule has 2 aromatic heterocycles. The molecule has 5 N–H and O–H groups in total. The first-order valence-corrected chi connectivity index (χ1v) is 24.3. The Morgan fingerprint density at radius 1 is 0.615 bits per heavy atom. The van der Waals surface area contributed by atoms with E-state index in [0.29, 0.717) is 41.9 Å². The van der Waals surface area contributed by atoms with Crippen molar-refractivity contribution in [2.24, 2.45) is 0 Å². The Hall–Kier alpha value is -6.31. The molecule has 424 valence electrons. The summed E-state index contributed by atoms with van der Waals surface area (Å²) in [6, 6.07) is 10.8. The van der Waals surface area contributed by atoms with Crippen LogP contribution in [0.2, 0.25) is 0 Å². The van der Waals surface area contributed by atoms with Gasteiger partial charge in [0.2, 0.25) is 0 Å². The van der Waals surface area contributed by atoms with E-state index >= 15 is 0 Å². The van der Waals surface area contributed by atoms with Gasteiger partial charge in [0.15, 0.2) is 12.6 Å². The zero-order valence-corrected chi connectivity index (χ0v) is 40.9. The van der Waals surface area contributed by atoms with E-state index in [4.69, 9.17) is 18.9 Å². The normalized spacial score (nSPS) is 20.0. The van der Waals surface area contributed by atoms with Crippen LogP contribution in [0.1, 0.15) is 94.3 Å². The minimum atomic E-state index is -5.07. The maximum Gasteiger partial charge on any atom is 0.454 e. The number of halogens is 14. The van der Waals surface area contributed by atoms with Gasteiger partial charge in [-0.05, 0) is 96.8 Å². The Bertz CT molecular complexity index is 3110. The van der Waals surface area contributed by atoms with Crippen molar-refractivity contribution in [3.05, 3.63) is 174 Å². The third-order valence-electron chi connectivity index (χ3n) is 12.0. The highest BCUT2D eigenvalue weighted by molar-refractivity contribution is 7.49. The molecule has 0 spiro atoms. The molecule has 78 heavy (non-hydrogen) atoms. The monoisotopic (exact) mass is 1150 g/mol. The number of hydrogen-bond acceptors (Lipinski definition) is 11. The van der Waals surface area contributed by atoms with E-state index in [9.17, 15) is 85.4 Å². The van der Waals surface area contributed by atoms with Crippen LogP contribution in [-0.4, -0.2) is 88.2 Å². The average molecular weight is 1150 g/mol. The van der Waals surface area contributed by atoms with Crippen molar-refractivity contribution in [2.45, 2.75) is 88.5 Å². The molecule has 0 aliphatic carbocycles. The number of ether oxygens (including phenoxy) is 4. The second-order valence-electron chi connectivity index (χ2n) is 17.6. The fraction of sp³-hybridized carbons (Fsp3) is 0.391. The lowest BCUT2D eigenvalue weighted by Gasteiger charge is -2.41. The largest absolute Gasteiger partial charge is 0.454 e. The van der Waals surface area contributed by atoms with E-state index in [-0.39, 0.29) is 66.6 Å². The number of nitrogens with zero attached hydrogens (tertiary/aromatic N) is 5. The molecular formula is C46H43F14N8O9P. The smallest absolute Gasteiger partial charge is 0.349 e. The molecule has 6 aromatic rings. The van der Waals surface area contributed by atoms with Gasteiger partial charge in [0.25, 0.3) is 0 Å². The topological polar surface area (TPSA) is 213 Å². The summed E-state index contributed by atoms with van der Waals surface area (Å²) in [6.07, 6.45) is -25.3. The minimum absolute atomic E-state index is 0.00603. The molecule has 0 radical (unpaired) electrons. The fourth-order valence-electron chi connectivity index (χ4n) is 8.37. The van der Waals surface area contributed by atoms with Gasteiger partial charge < -0.3 is 28.7 Å². The van der Waals surface area contributed by atoms with Crippen LogP contribution in [0.4, 0.5) is 61.5 Å². The predicted octanol–water partition coefficient (Wildman–Crippen LogP) is 9.32. The Morgan fingerprint density at radius 2 is 0.987 bits per heavy atom. The third-order valence-corrected chi connectivity index (χ3v) is 12.8. The van der Waals surface area contributed by atoms with E-state index < -0.39 is 120 Å². The van der Waals surface area contributed by atoms with Crippen LogP contribution >= 0.6 is 7.75 Å². The highest BCUT2D eigenvalue weighted by atomic mass is 31.2. The predicted molar refractivity (Wildman–Crippen MR) is 240 cm³/mol. The van der Waals surface area contributed by atoms with Crippen molar-refractivity contribution in [2.75, 3.05) is 26.3 Å². The first-order valence-electron chi connectivity index (χ1n) is 22.7. The van der Waals surface area contributed by atoms with Crippen molar-refractivity contribution >= 4 is 7.75 Å². The highest BCUT2D eigenvalue weighted by Crippen LogP contribution is 2.43. The molecule has 0 saturated carbocycles. The van der Waals surface area contributed by atoms with Crippen LogP contribution in [0.15, 0.2) is 94.5 Å². The molecule has 6 atom stereocenters. The van der Waals surface area contributed by atoms with Crippen molar-refractivity contribution in [1.29, 1.82) is 0 Å². The molecule has 0 bridgehead atoms. The van der Waals surface area contributed by atoms with E-state index in [1.807, 2.05) is 0 Å². The number of benzene rings is 4. The molecule has 2 fully saturated rings. The van der Waals surface area contributed by atoms with Gasteiger partial charge >= 0.3 is 43.8 Å². The van der Waals surface area contributed by atoms with E-state index in [1.54, 1.807) is 9.80 Å². The molecule has 4 heterocycles. The molecule has 0 unspecified atom stereocenters. The number of morpholine rings is 2.